The molecule has 1 unspecified atom stereocenters. The van der Waals surface area contributed by atoms with Gasteiger partial charge in [0.25, 0.3) is 0 Å². The molecule has 1 aliphatic rings. The highest BCUT2D eigenvalue weighted by molar-refractivity contribution is 5.89. The SMILES string of the molecule is COc1cc(CCN=CC=C2C=C(C(=O)O)NC(C(=O)O)C2)ccc1O. The summed E-state index contributed by atoms with van der Waals surface area (Å²) in [7, 11) is 1.48. The number of benzene rings is 1. The number of allylic oxidation sites excluding steroid dienone is 2. The van der Waals surface area contributed by atoms with Crippen LogP contribution in [0.25, 0.3) is 0 Å². The van der Waals surface area contributed by atoms with Crippen LogP contribution in [0.2, 0.25) is 0 Å². The minimum absolute atomic E-state index is 0.0735. The Kier molecular flexibility index (Phi) is 6.37. The molecule has 0 aliphatic carbocycles. The van der Waals surface area contributed by atoms with Crippen LogP contribution in [-0.2, 0) is 16.0 Å². The van der Waals surface area contributed by atoms with E-state index >= 15 is 0 Å². The quantitative estimate of drug-likeness (QED) is 0.540. The Balaban J connectivity index is 1.98. The lowest BCUT2D eigenvalue weighted by molar-refractivity contribution is -0.139. The summed E-state index contributed by atoms with van der Waals surface area (Å²) in [5, 5.41) is 30.1. The molecule has 1 atom stereocenters. The number of nitrogens with zero attached hydrogens (tertiary/aromatic N) is 1. The number of carbonyl (C=O) groups is 2. The average molecular weight is 360 g/mol. The third kappa shape index (κ3) is 5.10. The molecule has 138 valence electrons. The lowest BCUT2D eigenvalue weighted by Crippen LogP contribution is -2.41. The van der Waals surface area contributed by atoms with Gasteiger partial charge in [0.2, 0.25) is 0 Å². The van der Waals surface area contributed by atoms with Gasteiger partial charge in [-0.3, -0.25) is 4.99 Å². The summed E-state index contributed by atoms with van der Waals surface area (Å²) in [5.74, 6) is -1.85. The van der Waals surface area contributed by atoms with Crippen molar-refractivity contribution in [1.82, 2.24) is 5.32 Å². The van der Waals surface area contributed by atoms with Gasteiger partial charge in [0.05, 0.1) is 7.11 Å². The van der Waals surface area contributed by atoms with Crippen LogP contribution in [-0.4, -0.2) is 53.2 Å². The van der Waals surface area contributed by atoms with Crippen molar-refractivity contribution in [3.8, 4) is 11.5 Å². The van der Waals surface area contributed by atoms with Crippen LogP contribution in [0, 0.1) is 0 Å². The molecule has 0 radical (unpaired) electrons. The van der Waals surface area contributed by atoms with Crippen LogP contribution >= 0.6 is 0 Å². The fraction of sp³-hybridized carbons (Fsp3) is 0.278. The van der Waals surface area contributed by atoms with Crippen molar-refractivity contribution in [3.63, 3.8) is 0 Å². The fourth-order valence-corrected chi connectivity index (χ4v) is 2.44. The van der Waals surface area contributed by atoms with Gasteiger partial charge in [-0.1, -0.05) is 6.07 Å². The monoisotopic (exact) mass is 360 g/mol. The Morgan fingerprint density at radius 1 is 1.38 bits per heavy atom. The highest BCUT2D eigenvalue weighted by atomic mass is 16.5. The first-order chi connectivity index (χ1) is 12.4. The Labute approximate surface area is 150 Å². The van der Waals surface area contributed by atoms with Crippen LogP contribution in [0.15, 0.2) is 46.6 Å². The second-order valence-electron chi connectivity index (χ2n) is 5.66. The van der Waals surface area contributed by atoms with Gasteiger partial charge in [0.15, 0.2) is 11.5 Å². The normalized spacial score (nSPS) is 18.4. The number of hydrogen-bond donors (Lipinski definition) is 4. The summed E-state index contributed by atoms with van der Waals surface area (Å²) >= 11 is 0. The maximum absolute atomic E-state index is 11.1. The Morgan fingerprint density at radius 2 is 2.15 bits per heavy atom. The number of rotatable bonds is 7. The van der Waals surface area contributed by atoms with Gasteiger partial charge in [-0.2, -0.15) is 0 Å². The molecule has 1 heterocycles. The maximum Gasteiger partial charge on any atom is 0.351 e. The number of aromatic hydroxyl groups is 1. The summed E-state index contributed by atoms with van der Waals surface area (Å²) in [6, 6.07) is 4.09. The van der Waals surface area contributed by atoms with E-state index in [0.717, 1.165) is 5.56 Å². The Morgan fingerprint density at radius 3 is 2.81 bits per heavy atom. The summed E-state index contributed by atoms with van der Waals surface area (Å²) in [6.07, 6.45) is 5.35. The van der Waals surface area contributed by atoms with Crippen LogP contribution in [0.3, 0.4) is 0 Å². The van der Waals surface area contributed by atoms with E-state index in [0.29, 0.717) is 24.3 Å². The Hall–Kier alpha value is -3.29. The van der Waals surface area contributed by atoms with Crippen molar-refractivity contribution >= 4 is 18.2 Å². The molecular weight excluding hydrogens is 340 g/mol. The van der Waals surface area contributed by atoms with Gasteiger partial charge in [-0.05, 0) is 41.8 Å². The molecule has 0 aromatic heterocycles. The van der Waals surface area contributed by atoms with E-state index in [1.54, 1.807) is 24.3 Å². The molecule has 0 amide bonds. The number of phenolic OH excluding ortho intramolecular Hbond substituents is 1. The van der Waals surface area contributed by atoms with E-state index < -0.39 is 18.0 Å². The summed E-state index contributed by atoms with van der Waals surface area (Å²) in [5.41, 5.74) is 1.37. The van der Waals surface area contributed by atoms with E-state index in [-0.39, 0.29) is 17.9 Å². The number of aliphatic imine (C=N–C) groups is 1. The summed E-state index contributed by atoms with van der Waals surface area (Å²) in [6.45, 7) is 0.480. The first-order valence-corrected chi connectivity index (χ1v) is 7.90. The molecule has 8 heteroatoms. The lowest BCUT2D eigenvalue weighted by atomic mass is 10.00. The standard InChI is InChI=1S/C18H20N2O6/c1-26-16-10-11(2-3-15(16)21)4-6-19-7-5-12-8-13(17(22)23)20-14(9-12)18(24)25/h2-3,5,7-8,10,14,20-21H,4,6,9H2,1H3,(H,22,23)(H,24,25). The van der Waals surface area contributed by atoms with E-state index in [4.69, 9.17) is 14.9 Å². The molecular formula is C18H20N2O6. The zero-order valence-corrected chi connectivity index (χ0v) is 14.2. The van der Waals surface area contributed by atoms with Crippen LogP contribution in [0.5, 0.6) is 11.5 Å². The second-order valence-corrected chi connectivity index (χ2v) is 5.66. The fourth-order valence-electron chi connectivity index (χ4n) is 2.44. The Bertz CT molecular complexity index is 782. The molecule has 4 N–H and O–H groups in total. The van der Waals surface area contributed by atoms with Gasteiger partial charge >= 0.3 is 11.9 Å². The summed E-state index contributed by atoms with van der Waals surface area (Å²) in [4.78, 5) is 26.4. The largest absolute Gasteiger partial charge is 0.504 e. The minimum atomic E-state index is -1.21. The van der Waals surface area contributed by atoms with Crippen molar-refractivity contribution in [3.05, 3.63) is 47.2 Å². The van der Waals surface area contributed by atoms with Crippen molar-refractivity contribution in [2.24, 2.45) is 4.99 Å². The van der Waals surface area contributed by atoms with Gasteiger partial charge in [-0.15, -0.1) is 0 Å². The number of hydrogen-bond acceptors (Lipinski definition) is 6. The highest BCUT2D eigenvalue weighted by Gasteiger charge is 2.26. The zero-order chi connectivity index (χ0) is 19.1. The number of ether oxygens (including phenoxy) is 1. The number of phenols is 1. The molecule has 0 saturated heterocycles. The van der Waals surface area contributed by atoms with Gasteiger partial charge in [0, 0.05) is 19.2 Å². The van der Waals surface area contributed by atoms with Gasteiger partial charge in [-0.25, -0.2) is 9.59 Å². The second kappa shape index (κ2) is 8.70. The third-order valence-corrected chi connectivity index (χ3v) is 3.80. The smallest absolute Gasteiger partial charge is 0.351 e. The minimum Gasteiger partial charge on any atom is -0.504 e. The molecule has 8 nitrogen and oxygen atoms in total. The topological polar surface area (TPSA) is 128 Å². The van der Waals surface area contributed by atoms with Crippen LogP contribution in [0.4, 0.5) is 0 Å². The summed E-state index contributed by atoms with van der Waals surface area (Å²) < 4.78 is 5.04. The molecule has 0 saturated carbocycles. The average Bonchev–Trinajstić information content (AvgIpc) is 2.62. The molecule has 0 bridgehead atoms. The van der Waals surface area contributed by atoms with E-state index in [2.05, 4.69) is 10.3 Å². The van der Waals surface area contributed by atoms with Crippen molar-refractivity contribution in [1.29, 1.82) is 0 Å². The van der Waals surface area contributed by atoms with Crippen molar-refractivity contribution < 1.29 is 29.6 Å². The molecule has 1 aromatic carbocycles. The number of methoxy groups -OCH3 is 1. The zero-order valence-electron chi connectivity index (χ0n) is 14.2. The number of aliphatic carboxylic acids is 2. The van der Waals surface area contributed by atoms with E-state index in [1.165, 1.54) is 19.4 Å². The molecule has 0 spiro atoms. The number of nitrogens with one attached hydrogen (secondary N) is 1. The van der Waals surface area contributed by atoms with Crippen LogP contribution in [0.1, 0.15) is 12.0 Å². The predicted molar refractivity (Wildman–Crippen MR) is 94.7 cm³/mol. The third-order valence-electron chi connectivity index (χ3n) is 3.80. The molecule has 1 aliphatic heterocycles. The van der Waals surface area contributed by atoms with E-state index in [1.807, 2.05) is 0 Å². The first-order valence-electron chi connectivity index (χ1n) is 7.90. The maximum atomic E-state index is 11.1. The van der Waals surface area contributed by atoms with Crippen molar-refractivity contribution in [2.75, 3.05) is 13.7 Å². The van der Waals surface area contributed by atoms with Crippen LogP contribution < -0.4 is 10.1 Å². The highest BCUT2D eigenvalue weighted by Crippen LogP contribution is 2.26. The lowest BCUT2D eigenvalue weighted by Gasteiger charge is -2.21. The molecule has 1 aromatic rings. The molecule has 0 fully saturated rings. The van der Waals surface area contributed by atoms with E-state index in [9.17, 15) is 14.7 Å². The van der Waals surface area contributed by atoms with Crippen molar-refractivity contribution in [2.45, 2.75) is 18.9 Å². The molecule has 26 heavy (non-hydrogen) atoms. The molecule has 2 rings (SSSR count). The number of carboxylic acids is 2. The van der Waals surface area contributed by atoms with Gasteiger partial charge in [0.1, 0.15) is 11.7 Å². The first kappa shape index (κ1) is 19.0. The predicted octanol–water partition coefficient (Wildman–Crippen LogP) is 1.36. The number of carboxylic acid groups (broad SMARTS) is 2. The van der Waals surface area contributed by atoms with Gasteiger partial charge < -0.3 is 25.4 Å².